The number of hydrogen-bond acceptors (Lipinski definition) is 24. The molecule has 0 radical (unpaired) electrons. The first-order valence-corrected chi connectivity index (χ1v) is 6.20. The van der Waals surface area contributed by atoms with E-state index in [2.05, 4.69) is 0 Å². The molecule has 0 amide bonds. The summed E-state index contributed by atoms with van der Waals surface area (Å²) in [6, 6.07) is 0. The minimum atomic E-state index is -2.17. The Labute approximate surface area is 208 Å². The zero-order valence-electron chi connectivity index (χ0n) is 16.4. The van der Waals surface area contributed by atoms with Crippen LogP contribution in [-0.2, 0) is 0 Å². The Hall–Kier alpha value is 0.559. The molecule has 0 fully saturated rings. The molecule has 0 atom stereocenters. The predicted molar refractivity (Wildman–Crippen MR) is 99.3 cm³/mol. The predicted octanol–water partition coefficient (Wildman–Crippen LogP) is -19.4. The van der Waals surface area contributed by atoms with Gasteiger partial charge >= 0.3 is 88.1 Å². The molecule has 0 aromatic heterocycles. The van der Waals surface area contributed by atoms with Crippen LogP contribution in [0.2, 0.25) is 0 Å². The van der Waals surface area contributed by atoms with Crippen molar-refractivity contribution in [1.29, 1.82) is 0 Å². The van der Waals surface area contributed by atoms with E-state index in [0.29, 0.717) is 0 Å². The van der Waals surface area contributed by atoms with Gasteiger partial charge in [0.25, 0.3) is 0 Å². The molecule has 24 N–H and O–H groups in total. The second-order valence-corrected chi connectivity index (χ2v) is 2.77. The summed E-state index contributed by atoms with van der Waals surface area (Å²) in [5.41, 5.74) is 0. The minimum Gasteiger partial charge on any atom is -0.402 e. The maximum Gasteiger partial charge on any atom is 1.00 e. The minimum absolute atomic E-state index is 0. The second-order valence-electron chi connectivity index (χ2n) is 2.77. The molecule has 192 valence electrons. The molecule has 0 bridgehead atoms. The van der Waals surface area contributed by atoms with Crippen molar-refractivity contribution in [3.05, 3.63) is 0 Å². The molecule has 0 spiro atoms. The molecule has 0 rings (SSSR count). The quantitative estimate of drug-likeness (QED) is 0.132. The van der Waals surface area contributed by atoms with Crippen LogP contribution in [0.1, 0.15) is 0 Å². The van der Waals surface area contributed by atoms with Gasteiger partial charge in [0, 0.05) is 0 Å². The fraction of sp³-hybridized carbons (Fsp3) is 0. The maximum atomic E-state index is 7.17. The van der Waals surface area contributed by atoms with Gasteiger partial charge in [0.15, 0.2) is 0 Å². The summed E-state index contributed by atoms with van der Waals surface area (Å²) in [6.45, 7) is 0. The monoisotopic (exact) mass is 519 g/mol. The van der Waals surface area contributed by atoms with Crippen molar-refractivity contribution >= 4 is 58.6 Å². The molecular formula is H24B8NaO24+. The van der Waals surface area contributed by atoms with E-state index >= 15 is 0 Å². The van der Waals surface area contributed by atoms with Gasteiger partial charge in [0.2, 0.25) is 0 Å². The third-order valence-electron chi connectivity index (χ3n) is 0. The van der Waals surface area contributed by atoms with Crippen LogP contribution in [-0.4, -0.2) is 179 Å². The van der Waals surface area contributed by atoms with Gasteiger partial charge in [0.05, 0.1) is 0 Å². The van der Waals surface area contributed by atoms with Crippen molar-refractivity contribution in [1.82, 2.24) is 0 Å². The third kappa shape index (κ3) is 97100. The molecule has 0 saturated carbocycles. The van der Waals surface area contributed by atoms with E-state index in [0.717, 1.165) is 0 Å². The first-order chi connectivity index (χ1) is 13.9. The van der Waals surface area contributed by atoms with Gasteiger partial charge in [0.1, 0.15) is 0 Å². The van der Waals surface area contributed by atoms with Gasteiger partial charge in [-0.05, 0) is 0 Å². The molecule has 0 saturated heterocycles. The van der Waals surface area contributed by atoms with Crippen molar-refractivity contribution in [2.45, 2.75) is 0 Å². The third-order valence-corrected chi connectivity index (χ3v) is 0. The van der Waals surface area contributed by atoms with Crippen LogP contribution in [0.25, 0.3) is 0 Å². The summed E-state index contributed by atoms with van der Waals surface area (Å²) in [5.74, 6) is 0. The Bertz CT molecular complexity index is 142. The van der Waals surface area contributed by atoms with Crippen LogP contribution >= 0.6 is 0 Å². The largest absolute Gasteiger partial charge is 1.00 e. The Morgan fingerprint density at radius 3 is 0.152 bits per heavy atom. The van der Waals surface area contributed by atoms with Crippen LogP contribution < -0.4 is 29.6 Å². The van der Waals surface area contributed by atoms with E-state index in [1.807, 2.05) is 0 Å². The molecule has 24 nitrogen and oxygen atoms in total. The maximum absolute atomic E-state index is 7.17. The van der Waals surface area contributed by atoms with Crippen LogP contribution in [0.4, 0.5) is 0 Å². The van der Waals surface area contributed by atoms with E-state index < -0.39 is 58.6 Å². The van der Waals surface area contributed by atoms with E-state index in [9.17, 15) is 0 Å². The number of hydrogen-bond donors (Lipinski definition) is 24. The Morgan fingerprint density at radius 1 is 0.152 bits per heavy atom. The molecule has 0 aromatic carbocycles. The fourth-order valence-corrected chi connectivity index (χ4v) is 0. The molecule has 0 aliphatic rings. The second kappa shape index (κ2) is 53.8. The molecule has 33 heteroatoms. The zero-order valence-corrected chi connectivity index (χ0v) is 18.4. The SMILES string of the molecule is OB(O)O.OB(O)O.OB(O)O.OB(O)O.OB(O)O.OB(O)O.OB(O)O.OB(O)O.[Na+]. The Morgan fingerprint density at radius 2 is 0.152 bits per heavy atom. The molecule has 0 unspecified atom stereocenters. The molecular weight excluding hydrogens is 493 g/mol. The van der Waals surface area contributed by atoms with Crippen molar-refractivity contribution in [3.8, 4) is 0 Å². The van der Waals surface area contributed by atoms with Crippen LogP contribution in [0.5, 0.6) is 0 Å². The summed E-state index contributed by atoms with van der Waals surface area (Å²) in [7, 11) is -17.3. The molecule has 0 aromatic rings. The van der Waals surface area contributed by atoms with Crippen molar-refractivity contribution in [2.75, 3.05) is 0 Å². The van der Waals surface area contributed by atoms with Gasteiger partial charge in [-0.3, -0.25) is 0 Å². The standard InChI is InChI=1S/8BH3O3.Na/c8*2-1(3)4;/h8*2-4H;/q;;;;;;;;+1. The van der Waals surface area contributed by atoms with Gasteiger partial charge in [-0.2, -0.15) is 0 Å². The molecule has 33 heavy (non-hydrogen) atoms. The van der Waals surface area contributed by atoms with Gasteiger partial charge in [-0.15, -0.1) is 0 Å². The van der Waals surface area contributed by atoms with E-state index in [1.54, 1.807) is 0 Å². The topological polar surface area (TPSA) is 486 Å². The molecule has 0 aliphatic heterocycles. The molecule has 0 heterocycles. The smallest absolute Gasteiger partial charge is 0.402 e. The van der Waals surface area contributed by atoms with E-state index in [4.69, 9.17) is 121 Å². The summed E-state index contributed by atoms with van der Waals surface area (Å²) in [6.07, 6.45) is 0. The van der Waals surface area contributed by atoms with Gasteiger partial charge in [-0.1, -0.05) is 0 Å². The Balaban J connectivity index is -0.0000000284. The summed E-state index contributed by atoms with van der Waals surface area (Å²) >= 11 is 0. The van der Waals surface area contributed by atoms with Crippen molar-refractivity contribution in [3.63, 3.8) is 0 Å². The zero-order chi connectivity index (χ0) is 28.6. The summed E-state index contributed by atoms with van der Waals surface area (Å²) in [4.78, 5) is 0. The average molecular weight is 518 g/mol. The van der Waals surface area contributed by atoms with Crippen LogP contribution in [0.15, 0.2) is 0 Å². The van der Waals surface area contributed by atoms with Gasteiger partial charge in [-0.25, -0.2) is 0 Å². The summed E-state index contributed by atoms with van der Waals surface area (Å²) in [5, 5.41) is 172. The first kappa shape index (κ1) is 59.0. The molecule has 0 aliphatic carbocycles. The van der Waals surface area contributed by atoms with E-state index in [1.165, 1.54) is 0 Å². The average Bonchev–Trinajstić information content (AvgIpc) is 2.30. The van der Waals surface area contributed by atoms with Crippen LogP contribution in [0, 0.1) is 0 Å². The Kier molecular flexibility index (Phi) is 96.1. The fourth-order valence-electron chi connectivity index (χ4n) is 0. The summed E-state index contributed by atoms with van der Waals surface area (Å²) < 4.78 is 0. The van der Waals surface area contributed by atoms with Crippen molar-refractivity contribution in [2.24, 2.45) is 0 Å². The van der Waals surface area contributed by atoms with Gasteiger partial charge < -0.3 is 121 Å². The first-order valence-electron chi connectivity index (χ1n) is 6.20. The van der Waals surface area contributed by atoms with Crippen molar-refractivity contribution < 1.29 is 150 Å². The van der Waals surface area contributed by atoms with Crippen LogP contribution in [0.3, 0.4) is 0 Å². The normalized spacial score (nSPS) is 6.55. The number of rotatable bonds is 0. The van der Waals surface area contributed by atoms with E-state index in [-0.39, 0.29) is 29.6 Å².